The first-order chi connectivity index (χ1) is 7.69. The zero-order valence-electron chi connectivity index (χ0n) is 11.0. The van der Waals surface area contributed by atoms with Crippen LogP contribution in [0.25, 0.3) is 0 Å². The molecule has 0 aromatic rings. The third-order valence-electron chi connectivity index (χ3n) is 3.58. The summed E-state index contributed by atoms with van der Waals surface area (Å²) in [6.45, 7) is 6.57. The van der Waals surface area contributed by atoms with Crippen LogP contribution in [0.4, 0.5) is 0 Å². The van der Waals surface area contributed by atoms with Crippen LogP contribution in [0.1, 0.15) is 59.3 Å². The Kier molecular flexibility index (Phi) is 6.07. The molecule has 0 fully saturated rings. The molecule has 0 aromatic heterocycles. The van der Waals surface area contributed by atoms with Gasteiger partial charge in [-0.1, -0.05) is 26.3 Å². The zero-order chi connectivity index (χ0) is 12.0. The van der Waals surface area contributed by atoms with Gasteiger partial charge >= 0.3 is 0 Å². The maximum atomic E-state index is 10.3. The summed E-state index contributed by atoms with van der Waals surface area (Å²) in [7, 11) is 0. The minimum atomic E-state index is -0.255. The fourth-order valence-electron chi connectivity index (χ4n) is 2.27. The standard InChI is InChI=1S/C14H27NO/c1-4-6-8-12-9-7-10-13(14(12)16)15-11(3)5-2/h9,11,13-16H,4-8,10H2,1-3H3/t11?,13-,14+/m0/s1. The molecule has 1 rings (SSSR count). The Morgan fingerprint density at radius 1 is 1.50 bits per heavy atom. The van der Waals surface area contributed by atoms with E-state index in [1.807, 2.05) is 0 Å². The molecule has 0 bridgehead atoms. The van der Waals surface area contributed by atoms with E-state index in [0.717, 1.165) is 25.7 Å². The highest BCUT2D eigenvalue weighted by atomic mass is 16.3. The first kappa shape index (κ1) is 13.7. The van der Waals surface area contributed by atoms with Gasteiger partial charge in [-0.3, -0.25) is 0 Å². The Labute approximate surface area is 100 Å². The molecule has 94 valence electrons. The lowest BCUT2D eigenvalue weighted by atomic mass is 9.88. The SMILES string of the molecule is CCCCC1=CCC[C@H](NC(C)CC)[C@@H]1O. The van der Waals surface area contributed by atoms with Crippen molar-refractivity contribution in [2.75, 3.05) is 0 Å². The number of aliphatic hydroxyl groups excluding tert-OH is 1. The number of nitrogens with one attached hydrogen (secondary N) is 1. The summed E-state index contributed by atoms with van der Waals surface area (Å²) in [5.74, 6) is 0. The summed E-state index contributed by atoms with van der Waals surface area (Å²) < 4.78 is 0. The van der Waals surface area contributed by atoms with E-state index in [2.05, 4.69) is 32.2 Å². The molecule has 3 atom stereocenters. The molecule has 2 heteroatoms. The number of aliphatic hydroxyl groups is 1. The smallest absolute Gasteiger partial charge is 0.0903 e. The Hall–Kier alpha value is -0.340. The average molecular weight is 225 g/mol. The number of hydrogen-bond acceptors (Lipinski definition) is 2. The molecule has 0 heterocycles. The van der Waals surface area contributed by atoms with E-state index in [4.69, 9.17) is 0 Å². The number of rotatable bonds is 6. The van der Waals surface area contributed by atoms with Gasteiger partial charge in [0.1, 0.15) is 0 Å². The van der Waals surface area contributed by atoms with Gasteiger partial charge in [-0.15, -0.1) is 0 Å². The van der Waals surface area contributed by atoms with Gasteiger partial charge in [-0.2, -0.15) is 0 Å². The minimum absolute atomic E-state index is 0.255. The molecule has 2 N–H and O–H groups in total. The van der Waals surface area contributed by atoms with Crippen LogP contribution in [-0.2, 0) is 0 Å². The van der Waals surface area contributed by atoms with Crippen molar-refractivity contribution in [1.29, 1.82) is 0 Å². The largest absolute Gasteiger partial charge is 0.387 e. The molecule has 0 saturated heterocycles. The highest BCUT2D eigenvalue weighted by Crippen LogP contribution is 2.23. The Morgan fingerprint density at radius 3 is 2.88 bits per heavy atom. The van der Waals surface area contributed by atoms with Crippen LogP contribution in [0, 0.1) is 0 Å². The van der Waals surface area contributed by atoms with E-state index in [0.29, 0.717) is 6.04 Å². The molecule has 1 unspecified atom stereocenters. The van der Waals surface area contributed by atoms with Crippen molar-refractivity contribution < 1.29 is 5.11 Å². The maximum absolute atomic E-state index is 10.3. The van der Waals surface area contributed by atoms with Crippen molar-refractivity contribution in [3.8, 4) is 0 Å². The highest BCUT2D eigenvalue weighted by molar-refractivity contribution is 5.15. The first-order valence-corrected chi connectivity index (χ1v) is 6.82. The molecule has 16 heavy (non-hydrogen) atoms. The quantitative estimate of drug-likeness (QED) is 0.681. The van der Waals surface area contributed by atoms with Gasteiger partial charge in [0.15, 0.2) is 0 Å². The topological polar surface area (TPSA) is 32.3 Å². The summed E-state index contributed by atoms with van der Waals surface area (Å²) in [5.41, 5.74) is 1.26. The van der Waals surface area contributed by atoms with Crippen molar-refractivity contribution in [3.63, 3.8) is 0 Å². The van der Waals surface area contributed by atoms with Crippen molar-refractivity contribution in [2.45, 2.75) is 77.5 Å². The second-order valence-corrected chi connectivity index (χ2v) is 4.99. The summed E-state index contributed by atoms with van der Waals surface area (Å²) in [5, 5.41) is 13.8. The molecular weight excluding hydrogens is 198 g/mol. The lowest BCUT2D eigenvalue weighted by molar-refractivity contribution is 0.137. The number of unbranched alkanes of at least 4 members (excludes halogenated alkanes) is 1. The van der Waals surface area contributed by atoms with Gasteiger partial charge in [0.2, 0.25) is 0 Å². The van der Waals surface area contributed by atoms with Crippen LogP contribution >= 0.6 is 0 Å². The van der Waals surface area contributed by atoms with E-state index >= 15 is 0 Å². The fourth-order valence-corrected chi connectivity index (χ4v) is 2.27. The normalized spacial score (nSPS) is 27.6. The van der Waals surface area contributed by atoms with Crippen LogP contribution < -0.4 is 5.32 Å². The van der Waals surface area contributed by atoms with Gasteiger partial charge in [-0.25, -0.2) is 0 Å². The van der Waals surface area contributed by atoms with E-state index in [-0.39, 0.29) is 12.1 Å². The third kappa shape index (κ3) is 3.91. The summed E-state index contributed by atoms with van der Waals surface area (Å²) in [6, 6.07) is 0.775. The fraction of sp³-hybridized carbons (Fsp3) is 0.857. The van der Waals surface area contributed by atoms with Gasteiger partial charge in [0.25, 0.3) is 0 Å². The number of hydrogen-bond donors (Lipinski definition) is 2. The molecule has 1 aliphatic rings. The Morgan fingerprint density at radius 2 is 2.25 bits per heavy atom. The van der Waals surface area contributed by atoms with Crippen molar-refractivity contribution >= 4 is 0 Å². The van der Waals surface area contributed by atoms with Crippen LogP contribution in [0.15, 0.2) is 11.6 Å². The zero-order valence-corrected chi connectivity index (χ0v) is 11.0. The lowest BCUT2D eigenvalue weighted by Gasteiger charge is -2.32. The maximum Gasteiger partial charge on any atom is 0.0903 e. The molecular formula is C14H27NO. The van der Waals surface area contributed by atoms with Gasteiger partial charge in [-0.05, 0) is 44.6 Å². The Balaban J connectivity index is 2.47. The predicted octanol–water partition coefficient (Wildman–Crippen LogP) is 3.01. The summed E-state index contributed by atoms with van der Waals surface area (Å²) >= 11 is 0. The van der Waals surface area contributed by atoms with Crippen molar-refractivity contribution in [1.82, 2.24) is 5.32 Å². The molecule has 0 spiro atoms. The molecule has 0 saturated carbocycles. The lowest BCUT2D eigenvalue weighted by Crippen LogP contribution is -2.46. The van der Waals surface area contributed by atoms with E-state index in [9.17, 15) is 5.11 Å². The van der Waals surface area contributed by atoms with Crippen LogP contribution in [0.3, 0.4) is 0 Å². The van der Waals surface area contributed by atoms with Crippen molar-refractivity contribution in [3.05, 3.63) is 11.6 Å². The van der Waals surface area contributed by atoms with Gasteiger partial charge in [0, 0.05) is 12.1 Å². The minimum Gasteiger partial charge on any atom is -0.387 e. The molecule has 1 aliphatic carbocycles. The average Bonchev–Trinajstić information content (AvgIpc) is 2.30. The monoisotopic (exact) mass is 225 g/mol. The van der Waals surface area contributed by atoms with Crippen LogP contribution in [0.5, 0.6) is 0 Å². The van der Waals surface area contributed by atoms with Gasteiger partial charge in [0.05, 0.1) is 6.10 Å². The molecule has 0 amide bonds. The molecule has 0 radical (unpaired) electrons. The van der Waals surface area contributed by atoms with E-state index in [1.54, 1.807) is 0 Å². The van der Waals surface area contributed by atoms with E-state index < -0.39 is 0 Å². The van der Waals surface area contributed by atoms with Crippen LogP contribution in [0.2, 0.25) is 0 Å². The van der Waals surface area contributed by atoms with E-state index in [1.165, 1.54) is 18.4 Å². The third-order valence-corrected chi connectivity index (χ3v) is 3.58. The van der Waals surface area contributed by atoms with Crippen LogP contribution in [-0.4, -0.2) is 23.3 Å². The summed E-state index contributed by atoms with van der Waals surface area (Å²) in [4.78, 5) is 0. The molecule has 2 nitrogen and oxygen atoms in total. The molecule has 0 aliphatic heterocycles. The predicted molar refractivity (Wildman–Crippen MR) is 69.5 cm³/mol. The molecule has 0 aromatic carbocycles. The first-order valence-electron chi connectivity index (χ1n) is 6.82. The second kappa shape index (κ2) is 7.08. The second-order valence-electron chi connectivity index (χ2n) is 4.99. The Bertz CT molecular complexity index is 225. The van der Waals surface area contributed by atoms with Gasteiger partial charge < -0.3 is 10.4 Å². The van der Waals surface area contributed by atoms with Crippen molar-refractivity contribution in [2.24, 2.45) is 0 Å². The highest BCUT2D eigenvalue weighted by Gasteiger charge is 2.25. The summed E-state index contributed by atoms with van der Waals surface area (Å²) in [6.07, 6.45) is 8.76. The number of allylic oxidation sites excluding steroid dienone is 1.